The van der Waals surface area contributed by atoms with E-state index in [1.54, 1.807) is 6.07 Å². The van der Waals surface area contributed by atoms with Crippen molar-refractivity contribution in [3.05, 3.63) is 11.4 Å². The fourth-order valence-corrected chi connectivity index (χ4v) is 0.666. The third-order valence-corrected chi connectivity index (χ3v) is 1.03. The van der Waals surface area contributed by atoms with Gasteiger partial charge in [-0.2, -0.15) is 0 Å². The molecule has 1 aromatic heterocycles. The van der Waals surface area contributed by atoms with Crippen LogP contribution in [0.4, 0.5) is 0 Å². The summed E-state index contributed by atoms with van der Waals surface area (Å²) in [5, 5.41) is 1.84. The summed E-state index contributed by atoms with van der Waals surface area (Å²) in [6, 6.07) is 1.77. The standard InChI is InChI=1S/C3H2BNS/c4-3-1-2-6-5-3/h1-2H. The zero-order valence-corrected chi connectivity index (χ0v) is 3.90. The molecule has 1 aromatic rings. The normalized spacial score (nSPS) is 8.67. The molecule has 0 saturated carbocycles. The molecule has 1 nitrogen and oxygen atoms in total. The van der Waals surface area contributed by atoms with E-state index >= 15 is 0 Å². The number of aromatic nitrogens is 1. The summed E-state index contributed by atoms with van der Waals surface area (Å²) in [5.74, 6) is 0. The van der Waals surface area contributed by atoms with Crippen LogP contribution >= 0.6 is 11.5 Å². The highest BCUT2D eigenvalue weighted by atomic mass is 32.1. The van der Waals surface area contributed by atoms with Crippen molar-refractivity contribution in [1.82, 2.24) is 4.37 Å². The first-order chi connectivity index (χ1) is 2.89. The molecule has 1 heterocycles. The summed E-state index contributed by atoms with van der Waals surface area (Å²) < 4.78 is 3.74. The fraction of sp³-hybridized carbons (Fsp3) is 0. The average molecular weight is 94.9 g/mol. The van der Waals surface area contributed by atoms with Crippen LogP contribution in [0.25, 0.3) is 0 Å². The van der Waals surface area contributed by atoms with Gasteiger partial charge in [0, 0.05) is 11.0 Å². The Morgan fingerprint density at radius 2 is 2.67 bits per heavy atom. The topological polar surface area (TPSA) is 12.9 Å². The van der Waals surface area contributed by atoms with Gasteiger partial charge in [0.05, 0.1) is 0 Å². The molecular weight excluding hydrogens is 92.9 g/mol. The molecule has 0 aliphatic heterocycles. The Kier molecular flexibility index (Phi) is 0.923. The molecule has 0 saturated heterocycles. The highest BCUT2D eigenvalue weighted by Crippen LogP contribution is 1.80. The molecule has 6 heavy (non-hydrogen) atoms. The summed E-state index contributed by atoms with van der Waals surface area (Å²) in [4.78, 5) is 0. The maximum atomic E-state index is 5.18. The summed E-state index contributed by atoms with van der Waals surface area (Å²) in [6.07, 6.45) is 0. The van der Waals surface area contributed by atoms with Crippen LogP contribution in [0.15, 0.2) is 11.4 Å². The quantitative estimate of drug-likeness (QED) is 0.411. The van der Waals surface area contributed by atoms with Crippen molar-refractivity contribution in [2.75, 3.05) is 0 Å². The highest BCUT2D eigenvalue weighted by molar-refractivity contribution is 7.04. The van der Waals surface area contributed by atoms with Gasteiger partial charge < -0.3 is 0 Å². The molecule has 28 valence electrons. The van der Waals surface area contributed by atoms with E-state index < -0.39 is 0 Å². The van der Waals surface area contributed by atoms with E-state index in [9.17, 15) is 0 Å². The predicted octanol–water partition coefficient (Wildman–Crippen LogP) is -0.0631. The molecule has 0 N–H and O–H groups in total. The van der Waals surface area contributed by atoms with E-state index in [2.05, 4.69) is 4.37 Å². The van der Waals surface area contributed by atoms with Gasteiger partial charge >= 0.3 is 0 Å². The van der Waals surface area contributed by atoms with Crippen LogP contribution in [0.5, 0.6) is 0 Å². The van der Waals surface area contributed by atoms with Gasteiger partial charge in [-0.3, -0.25) is 0 Å². The van der Waals surface area contributed by atoms with Gasteiger partial charge in [-0.1, -0.05) is 0 Å². The van der Waals surface area contributed by atoms with Gasteiger partial charge in [-0.05, 0) is 17.6 Å². The minimum atomic E-state index is 0.611. The van der Waals surface area contributed by atoms with E-state index in [1.807, 2.05) is 5.38 Å². The molecule has 0 atom stereocenters. The van der Waals surface area contributed by atoms with Gasteiger partial charge in [-0.25, -0.2) is 4.37 Å². The Morgan fingerprint density at radius 3 is 2.83 bits per heavy atom. The maximum Gasteiger partial charge on any atom is 0.143 e. The van der Waals surface area contributed by atoms with Crippen LogP contribution in [-0.4, -0.2) is 12.2 Å². The summed E-state index contributed by atoms with van der Waals surface area (Å²) in [7, 11) is 5.18. The average Bonchev–Trinajstić information content (AvgIpc) is 1.86. The van der Waals surface area contributed by atoms with Crippen LogP contribution in [-0.2, 0) is 0 Å². The Morgan fingerprint density at radius 1 is 1.83 bits per heavy atom. The third kappa shape index (κ3) is 0.599. The van der Waals surface area contributed by atoms with Crippen molar-refractivity contribution >= 4 is 25.0 Å². The van der Waals surface area contributed by atoms with Crippen LogP contribution in [0.2, 0.25) is 0 Å². The monoisotopic (exact) mass is 95.0 g/mol. The number of hydrogen-bond donors (Lipinski definition) is 0. The van der Waals surface area contributed by atoms with E-state index in [1.165, 1.54) is 11.5 Å². The molecule has 3 heteroatoms. The molecule has 0 bridgehead atoms. The molecule has 0 spiro atoms. The first-order valence-corrected chi connectivity index (χ1v) is 2.39. The van der Waals surface area contributed by atoms with Crippen molar-refractivity contribution in [2.24, 2.45) is 0 Å². The van der Waals surface area contributed by atoms with Crippen LogP contribution in [0.1, 0.15) is 0 Å². The Bertz CT molecular complexity index is 114. The van der Waals surface area contributed by atoms with Crippen LogP contribution in [0, 0.1) is 0 Å². The van der Waals surface area contributed by atoms with E-state index in [-0.39, 0.29) is 0 Å². The lowest BCUT2D eigenvalue weighted by atomic mass is 10.1. The van der Waals surface area contributed by atoms with Gasteiger partial charge in [0.15, 0.2) is 0 Å². The second kappa shape index (κ2) is 1.43. The summed E-state index contributed by atoms with van der Waals surface area (Å²) in [6.45, 7) is 0. The van der Waals surface area contributed by atoms with Gasteiger partial charge in [0.25, 0.3) is 0 Å². The second-order valence-corrected chi connectivity index (χ2v) is 1.59. The number of rotatable bonds is 0. The highest BCUT2D eigenvalue weighted by Gasteiger charge is 1.76. The van der Waals surface area contributed by atoms with E-state index in [0.717, 1.165) is 0 Å². The minimum Gasteiger partial charge on any atom is -0.209 e. The van der Waals surface area contributed by atoms with E-state index in [0.29, 0.717) is 5.59 Å². The lowest BCUT2D eigenvalue weighted by molar-refractivity contribution is 1.68. The van der Waals surface area contributed by atoms with Crippen LogP contribution in [0.3, 0.4) is 0 Å². The molecule has 1 rings (SSSR count). The van der Waals surface area contributed by atoms with Crippen molar-refractivity contribution in [2.45, 2.75) is 0 Å². The van der Waals surface area contributed by atoms with Crippen molar-refractivity contribution < 1.29 is 0 Å². The molecular formula is C3H2BNS. The summed E-state index contributed by atoms with van der Waals surface area (Å²) >= 11 is 1.36. The van der Waals surface area contributed by atoms with Gasteiger partial charge in [-0.15, -0.1) is 0 Å². The molecule has 2 radical (unpaired) electrons. The van der Waals surface area contributed by atoms with Crippen molar-refractivity contribution in [1.29, 1.82) is 0 Å². The van der Waals surface area contributed by atoms with E-state index in [4.69, 9.17) is 7.85 Å². The maximum absolute atomic E-state index is 5.18. The largest absolute Gasteiger partial charge is 0.209 e. The lowest BCUT2D eigenvalue weighted by Crippen LogP contribution is -1.98. The number of nitrogens with zero attached hydrogens (tertiary/aromatic N) is 1. The number of hydrogen-bond acceptors (Lipinski definition) is 2. The SMILES string of the molecule is [B]c1ccsn1. The molecule has 0 unspecified atom stereocenters. The van der Waals surface area contributed by atoms with Gasteiger partial charge in [0.2, 0.25) is 0 Å². The van der Waals surface area contributed by atoms with Crippen LogP contribution < -0.4 is 5.59 Å². The lowest BCUT2D eigenvalue weighted by Gasteiger charge is -1.64. The molecule has 0 fully saturated rings. The zero-order chi connectivity index (χ0) is 4.41. The molecule has 0 aliphatic carbocycles. The second-order valence-electron chi connectivity index (χ2n) is 0.924. The van der Waals surface area contributed by atoms with Crippen molar-refractivity contribution in [3.63, 3.8) is 0 Å². The Hall–Kier alpha value is -0.305. The first kappa shape index (κ1) is 3.87. The van der Waals surface area contributed by atoms with Crippen molar-refractivity contribution in [3.8, 4) is 0 Å². The Balaban J connectivity index is 3.05. The fourth-order valence-electron chi connectivity index (χ4n) is 0.222. The third-order valence-electron chi connectivity index (χ3n) is 0.458. The smallest absolute Gasteiger partial charge is 0.143 e. The molecule has 0 amide bonds. The predicted molar refractivity (Wildman–Crippen MR) is 27.5 cm³/mol. The summed E-state index contributed by atoms with van der Waals surface area (Å²) in [5.41, 5.74) is 0.611. The molecule has 0 aromatic carbocycles. The van der Waals surface area contributed by atoms with Gasteiger partial charge in [0.1, 0.15) is 7.85 Å². The molecule has 0 aliphatic rings. The Labute approximate surface area is 41.6 Å². The zero-order valence-electron chi connectivity index (χ0n) is 3.09. The minimum absolute atomic E-state index is 0.611. The first-order valence-electron chi connectivity index (χ1n) is 1.55.